The van der Waals surface area contributed by atoms with Gasteiger partial charge in [0.25, 0.3) is 5.91 Å². The lowest BCUT2D eigenvalue weighted by Gasteiger charge is -2.26. The van der Waals surface area contributed by atoms with Gasteiger partial charge in [0.2, 0.25) is 0 Å². The Kier molecular flexibility index (Phi) is 6.57. The summed E-state index contributed by atoms with van der Waals surface area (Å²) in [5.74, 6) is -1.49. The van der Waals surface area contributed by atoms with E-state index < -0.39 is 30.0 Å². The van der Waals surface area contributed by atoms with E-state index in [1.165, 1.54) is 0 Å². The van der Waals surface area contributed by atoms with E-state index in [2.05, 4.69) is 5.32 Å². The molecule has 2 rings (SSSR count). The smallest absolute Gasteiger partial charge is 0.327 e. The molecule has 1 fully saturated rings. The predicted octanol–water partition coefficient (Wildman–Crippen LogP) is 1.80. The SMILES string of the molecule is CC[C@H](C)[C@@H](C(=O)O)N1C(=O)N[C@H](c2ccc(OCCOC)cc2)C1=O. The van der Waals surface area contributed by atoms with Gasteiger partial charge in [-0.2, -0.15) is 0 Å². The summed E-state index contributed by atoms with van der Waals surface area (Å²) in [6.07, 6.45) is 0.534. The maximum Gasteiger partial charge on any atom is 0.327 e. The first-order valence-corrected chi connectivity index (χ1v) is 8.48. The molecular formula is C18H24N2O6. The van der Waals surface area contributed by atoms with Crippen molar-refractivity contribution < 1.29 is 29.0 Å². The summed E-state index contributed by atoms with van der Waals surface area (Å²) >= 11 is 0. The third kappa shape index (κ3) is 4.13. The fraction of sp³-hybridized carbons (Fsp3) is 0.500. The van der Waals surface area contributed by atoms with Crippen LogP contribution in [-0.4, -0.2) is 54.3 Å². The molecule has 8 heteroatoms. The predicted molar refractivity (Wildman–Crippen MR) is 92.8 cm³/mol. The summed E-state index contributed by atoms with van der Waals surface area (Å²) in [5.41, 5.74) is 0.568. The van der Waals surface area contributed by atoms with E-state index in [1.807, 2.05) is 6.92 Å². The zero-order chi connectivity index (χ0) is 19.3. The highest BCUT2D eigenvalue weighted by atomic mass is 16.5. The van der Waals surface area contributed by atoms with Crippen LogP contribution < -0.4 is 10.1 Å². The molecule has 3 atom stereocenters. The molecular weight excluding hydrogens is 340 g/mol. The molecule has 1 aromatic rings. The van der Waals surface area contributed by atoms with Crippen molar-refractivity contribution in [2.45, 2.75) is 32.4 Å². The number of rotatable bonds is 9. The molecule has 0 spiro atoms. The number of benzene rings is 1. The van der Waals surface area contributed by atoms with Crippen LogP contribution in [0.25, 0.3) is 0 Å². The quantitative estimate of drug-likeness (QED) is 0.511. The second-order valence-corrected chi connectivity index (χ2v) is 6.17. The molecule has 2 N–H and O–H groups in total. The van der Waals surface area contributed by atoms with Gasteiger partial charge in [-0.3, -0.25) is 4.79 Å². The molecule has 8 nitrogen and oxygen atoms in total. The van der Waals surface area contributed by atoms with Crippen LogP contribution >= 0.6 is 0 Å². The van der Waals surface area contributed by atoms with Gasteiger partial charge in [-0.1, -0.05) is 32.4 Å². The zero-order valence-corrected chi connectivity index (χ0v) is 15.1. The summed E-state index contributed by atoms with van der Waals surface area (Å²) in [7, 11) is 1.58. The van der Waals surface area contributed by atoms with Gasteiger partial charge >= 0.3 is 12.0 Å². The number of carbonyl (C=O) groups is 3. The monoisotopic (exact) mass is 364 g/mol. The van der Waals surface area contributed by atoms with E-state index in [-0.39, 0.29) is 5.92 Å². The summed E-state index contributed by atoms with van der Waals surface area (Å²) < 4.78 is 10.4. The second kappa shape index (κ2) is 8.66. The lowest BCUT2D eigenvalue weighted by atomic mass is 9.97. The summed E-state index contributed by atoms with van der Waals surface area (Å²) in [4.78, 5) is 37.4. The molecule has 1 aliphatic rings. The number of urea groups is 1. The Morgan fingerprint density at radius 3 is 2.46 bits per heavy atom. The first-order valence-electron chi connectivity index (χ1n) is 8.48. The topological polar surface area (TPSA) is 105 Å². The molecule has 142 valence electrons. The fourth-order valence-electron chi connectivity index (χ4n) is 2.81. The normalized spacial score (nSPS) is 19.2. The standard InChI is InChI=1S/C18H24N2O6/c1-4-11(2)15(17(22)23)20-16(21)14(19-18(20)24)12-5-7-13(8-6-12)26-10-9-25-3/h5-8,11,14-15H,4,9-10H2,1-3H3,(H,19,24)(H,22,23)/t11-,14+,15-/m0/s1. The van der Waals surface area contributed by atoms with Gasteiger partial charge in [-0.05, 0) is 23.6 Å². The maximum absolute atomic E-state index is 12.7. The van der Waals surface area contributed by atoms with Gasteiger partial charge in [-0.15, -0.1) is 0 Å². The van der Waals surface area contributed by atoms with Crippen molar-refractivity contribution in [2.75, 3.05) is 20.3 Å². The molecule has 0 unspecified atom stereocenters. The minimum absolute atomic E-state index is 0.350. The number of carboxylic acids is 1. The Morgan fingerprint density at radius 2 is 1.92 bits per heavy atom. The Hall–Kier alpha value is -2.61. The van der Waals surface area contributed by atoms with Gasteiger partial charge in [-0.25, -0.2) is 14.5 Å². The Balaban J connectivity index is 2.16. The molecule has 1 heterocycles. The molecule has 1 aromatic carbocycles. The average Bonchev–Trinajstić information content (AvgIpc) is 2.91. The Bertz CT molecular complexity index is 660. The van der Waals surface area contributed by atoms with Gasteiger partial charge in [0.1, 0.15) is 24.4 Å². The first kappa shape index (κ1) is 19.7. The second-order valence-electron chi connectivity index (χ2n) is 6.17. The lowest BCUT2D eigenvalue weighted by Crippen LogP contribution is -2.48. The number of carboxylic acid groups (broad SMARTS) is 1. The minimum Gasteiger partial charge on any atom is -0.491 e. The van der Waals surface area contributed by atoms with Crippen LogP contribution in [0.1, 0.15) is 31.9 Å². The van der Waals surface area contributed by atoms with Crippen molar-refractivity contribution in [1.29, 1.82) is 0 Å². The third-order valence-corrected chi connectivity index (χ3v) is 4.45. The number of ether oxygens (including phenoxy) is 2. The van der Waals surface area contributed by atoms with Crippen LogP contribution in [0.2, 0.25) is 0 Å². The van der Waals surface area contributed by atoms with Crippen LogP contribution in [0.15, 0.2) is 24.3 Å². The molecule has 0 radical (unpaired) electrons. The fourth-order valence-corrected chi connectivity index (χ4v) is 2.81. The summed E-state index contributed by atoms with van der Waals surface area (Å²) in [6, 6.07) is 3.96. The number of aliphatic carboxylic acids is 1. The van der Waals surface area contributed by atoms with Gasteiger partial charge in [0, 0.05) is 7.11 Å². The number of hydrogen-bond acceptors (Lipinski definition) is 5. The minimum atomic E-state index is -1.19. The summed E-state index contributed by atoms with van der Waals surface area (Å²) in [5, 5.41) is 12.0. The highest BCUT2D eigenvalue weighted by Gasteiger charge is 2.46. The van der Waals surface area contributed by atoms with E-state index in [4.69, 9.17) is 9.47 Å². The van der Waals surface area contributed by atoms with Gasteiger partial charge < -0.3 is 19.9 Å². The van der Waals surface area contributed by atoms with Crippen molar-refractivity contribution in [2.24, 2.45) is 5.92 Å². The molecule has 1 aliphatic heterocycles. The van der Waals surface area contributed by atoms with Crippen molar-refractivity contribution in [3.63, 3.8) is 0 Å². The number of imide groups is 1. The first-order chi connectivity index (χ1) is 12.4. The molecule has 0 saturated carbocycles. The maximum atomic E-state index is 12.7. The van der Waals surface area contributed by atoms with Crippen molar-refractivity contribution in [3.05, 3.63) is 29.8 Å². The van der Waals surface area contributed by atoms with Crippen molar-refractivity contribution >= 4 is 17.9 Å². The highest BCUT2D eigenvalue weighted by Crippen LogP contribution is 2.28. The Labute approximate surface area is 152 Å². The van der Waals surface area contributed by atoms with E-state index in [9.17, 15) is 19.5 Å². The number of nitrogens with one attached hydrogen (secondary N) is 1. The zero-order valence-electron chi connectivity index (χ0n) is 15.1. The van der Waals surface area contributed by atoms with Gasteiger partial charge in [0.15, 0.2) is 0 Å². The molecule has 26 heavy (non-hydrogen) atoms. The number of nitrogens with zero attached hydrogens (tertiary/aromatic N) is 1. The molecule has 3 amide bonds. The molecule has 0 aliphatic carbocycles. The Morgan fingerprint density at radius 1 is 1.27 bits per heavy atom. The highest BCUT2D eigenvalue weighted by molar-refractivity contribution is 6.07. The van der Waals surface area contributed by atoms with Crippen LogP contribution in [0.3, 0.4) is 0 Å². The van der Waals surface area contributed by atoms with E-state index >= 15 is 0 Å². The van der Waals surface area contributed by atoms with Crippen LogP contribution in [-0.2, 0) is 14.3 Å². The van der Waals surface area contributed by atoms with Crippen LogP contribution in [0.4, 0.5) is 4.79 Å². The average molecular weight is 364 g/mol. The number of methoxy groups -OCH3 is 1. The molecule has 0 bridgehead atoms. The number of amides is 3. The van der Waals surface area contributed by atoms with E-state index in [1.54, 1.807) is 38.3 Å². The number of carbonyl (C=O) groups excluding carboxylic acids is 2. The lowest BCUT2D eigenvalue weighted by molar-refractivity contribution is -0.148. The third-order valence-electron chi connectivity index (χ3n) is 4.45. The largest absolute Gasteiger partial charge is 0.491 e. The van der Waals surface area contributed by atoms with Crippen LogP contribution in [0, 0.1) is 5.92 Å². The van der Waals surface area contributed by atoms with Gasteiger partial charge in [0.05, 0.1) is 6.61 Å². The van der Waals surface area contributed by atoms with Crippen molar-refractivity contribution in [3.8, 4) is 5.75 Å². The molecule has 0 aromatic heterocycles. The number of hydrogen-bond donors (Lipinski definition) is 2. The summed E-state index contributed by atoms with van der Waals surface area (Å²) in [6.45, 7) is 4.38. The van der Waals surface area contributed by atoms with E-state index in [0.717, 1.165) is 4.90 Å². The van der Waals surface area contributed by atoms with Crippen LogP contribution in [0.5, 0.6) is 5.75 Å². The van der Waals surface area contributed by atoms with E-state index in [0.29, 0.717) is 30.9 Å². The molecule has 1 saturated heterocycles. The van der Waals surface area contributed by atoms with Crippen molar-refractivity contribution in [1.82, 2.24) is 10.2 Å².